The number of rotatable bonds is 12. The molecule has 0 aromatic heterocycles. The van der Waals surface area contributed by atoms with E-state index in [4.69, 9.17) is 0 Å². The highest BCUT2D eigenvalue weighted by atomic mass is 15.1. The van der Waals surface area contributed by atoms with Crippen LogP contribution in [-0.4, -0.2) is 62.2 Å². The van der Waals surface area contributed by atoms with Crippen LogP contribution >= 0.6 is 0 Å². The smallest absolute Gasteiger partial charge is 0.0107 e. The third-order valence-electron chi connectivity index (χ3n) is 5.05. The number of hydrogen-bond acceptors (Lipinski definition) is 3. The fourth-order valence-corrected chi connectivity index (χ4v) is 3.42. The first kappa shape index (κ1) is 18.9. The molecule has 0 spiro atoms. The Hall–Kier alpha value is -0.120. The highest BCUT2D eigenvalue weighted by molar-refractivity contribution is 4.69. The molecule has 1 N–H and O–H groups in total. The van der Waals surface area contributed by atoms with Gasteiger partial charge in [-0.2, -0.15) is 0 Å². The van der Waals surface area contributed by atoms with E-state index in [0.717, 1.165) is 12.5 Å². The maximum Gasteiger partial charge on any atom is 0.0107 e. The Kier molecular flexibility index (Phi) is 11.2. The third kappa shape index (κ3) is 8.80. The lowest BCUT2D eigenvalue weighted by molar-refractivity contribution is 0.241. The average Bonchev–Trinajstić information content (AvgIpc) is 2.54. The Morgan fingerprint density at radius 1 is 0.810 bits per heavy atom. The highest BCUT2D eigenvalue weighted by Crippen LogP contribution is 2.22. The molecule has 0 bridgehead atoms. The van der Waals surface area contributed by atoms with Gasteiger partial charge in [0, 0.05) is 13.1 Å². The third-order valence-corrected chi connectivity index (χ3v) is 5.05. The summed E-state index contributed by atoms with van der Waals surface area (Å²) in [7, 11) is 0. The van der Waals surface area contributed by atoms with E-state index in [1.165, 1.54) is 84.3 Å². The van der Waals surface area contributed by atoms with Gasteiger partial charge in [0.15, 0.2) is 0 Å². The molecule has 1 fully saturated rings. The highest BCUT2D eigenvalue weighted by Gasteiger charge is 2.12. The summed E-state index contributed by atoms with van der Waals surface area (Å²) in [6, 6.07) is 0. The summed E-state index contributed by atoms with van der Waals surface area (Å²) in [5, 5.41) is 3.69. The van der Waals surface area contributed by atoms with Crippen molar-refractivity contribution < 1.29 is 0 Å². The number of hydrogen-bond donors (Lipinski definition) is 1. The van der Waals surface area contributed by atoms with Gasteiger partial charge in [-0.15, -0.1) is 0 Å². The summed E-state index contributed by atoms with van der Waals surface area (Å²) in [5.41, 5.74) is 0. The molecule has 0 radical (unpaired) electrons. The Bertz CT molecular complexity index is 223. The normalized spacial score (nSPS) is 17.0. The second-order valence-electron chi connectivity index (χ2n) is 6.52. The maximum atomic E-state index is 3.69. The minimum Gasteiger partial charge on any atom is -0.315 e. The van der Waals surface area contributed by atoms with E-state index in [9.17, 15) is 0 Å². The monoisotopic (exact) mass is 297 g/mol. The summed E-state index contributed by atoms with van der Waals surface area (Å²) >= 11 is 0. The molecule has 0 heterocycles. The van der Waals surface area contributed by atoms with Gasteiger partial charge >= 0.3 is 0 Å². The molecule has 0 aliphatic heterocycles. The molecule has 1 rings (SSSR count). The molecule has 21 heavy (non-hydrogen) atoms. The van der Waals surface area contributed by atoms with Gasteiger partial charge in [0.25, 0.3) is 0 Å². The minimum atomic E-state index is 0.955. The zero-order chi connectivity index (χ0) is 15.3. The largest absolute Gasteiger partial charge is 0.315 e. The van der Waals surface area contributed by atoms with E-state index < -0.39 is 0 Å². The topological polar surface area (TPSA) is 18.5 Å². The second-order valence-corrected chi connectivity index (χ2v) is 6.52. The van der Waals surface area contributed by atoms with Crippen LogP contribution in [0.15, 0.2) is 0 Å². The van der Waals surface area contributed by atoms with Gasteiger partial charge in [0.2, 0.25) is 0 Å². The molecule has 0 aromatic carbocycles. The van der Waals surface area contributed by atoms with Crippen molar-refractivity contribution >= 4 is 0 Å². The second kappa shape index (κ2) is 12.4. The van der Waals surface area contributed by atoms with Crippen LogP contribution in [0.3, 0.4) is 0 Å². The first-order chi connectivity index (χ1) is 10.3. The van der Waals surface area contributed by atoms with Gasteiger partial charge in [0.05, 0.1) is 0 Å². The molecule has 1 saturated carbocycles. The van der Waals surface area contributed by atoms with Crippen LogP contribution in [0.25, 0.3) is 0 Å². The van der Waals surface area contributed by atoms with E-state index in [1.54, 1.807) is 0 Å². The zero-order valence-corrected chi connectivity index (χ0v) is 14.9. The van der Waals surface area contributed by atoms with Gasteiger partial charge in [-0.3, -0.25) is 0 Å². The van der Waals surface area contributed by atoms with Crippen LogP contribution in [0.1, 0.15) is 59.3 Å². The molecule has 1 aliphatic rings. The number of likely N-dealkylation sites (N-methyl/N-ethyl adjacent to an activating group) is 1. The zero-order valence-electron chi connectivity index (χ0n) is 14.9. The van der Waals surface area contributed by atoms with Crippen molar-refractivity contribution in [2.24, 2.45) is 5.92 Å². The Morgan fingerprint density at radius 3 is 2.05 bits per heavy atom. The lowest BCUT2D eigenvalue weighted by atomic mass is 9.89. The van der Waals surface area contributed by atoms with Crippen molar-refractivity contribution in [1.29, 1.82) is 0 Å². The lowest BCUT2D eigenvalue weighted by Crippen LogP contribution is -2.36. The summed E-state index contributed by atoms with van der Waals surface area (Å²) in [6.45, 7) is 16.5. The van der Waals surface area contributed by atoms with Crippen LogP contribution in [-0.2, 0) is 0 Å². The standard InChI is InChI=1S/C18H39N3/c1-4-20(5-2)14-10-15-21(6-3)16-13-19-17-18-11-8-7-9-12-18/h18-19H,4-17H2,1-3H3. The van der Waals surface area contributed by atoms with Crippen molar-refractivity contribution in [3.05, 3.63) is 0 Å². The van der Waals surface area contributed by atoms with Crippen LogP contribution in [0.4, 0.5) is 0 Å². The van der Waals surface area contributed by atoms with Crippen molar-refractivity contribution in [2.75, 3.05) is 52.4 Å². The SMILES string of the molecule is CCN(CC)CCCN(CC)CCNCC1CCCCC1. The minimum absolute atomic E-state index is 0.955. The molecule has 1 aliphatic carbocycles. The van der Waals surface area contributed by atoms with Crippen molar-refractivity contribution in [1.82, 2.24) is 15.1 Å². The molecule has 3 heteroatoms. The fraction of sp³-hybridized carbons (Fsp3) is 1.00. The van der Waals surface area contributed by atoms with Crippen LogP contribution < -0.4 is 5.32 Å². The van der Waals surface area contributed by atoms with E-state index in [1.807, 2.05) is 0 Å². The Balaban J connectivity index is 2.02. The van der Waals surface area contributed by atoms with E-state index in [0.29, 0.717) is 0 Å². The summed E-state index contributed by atoms with van der Waals surface area (Å²) in [4.78, 5) is 5.12. The summed E-state index contributed by atoms with van der Waals surface area (Å²) < 4.78 is 0. The predicted molar refractivity (Wildman–Crippen MR) is 94.0 cm³/mol. The quantitative estimate of drug-likeness (QED) is 0.558. The van der Waals surface area contributed by atoms with Gasteiger partial charge in [-0.05, 0) is 64.4 Å². The van der Waals surface area contributed by atoms with E-state index >= 15 is 0 Å². The molecule has 3 nitrogen and oxygen atoms in total. The lowest BCUT2D eigenvalue weighted by Gasteiger charge is -2.25. The fourth-order valence-electron chi connectivity index (χ4n) is 3.42. The van der Waals surface area contributed by atoms with Crippen LogP contribution in [0.2, 0.25) is 0 Å². The first-order valence-electron chi connectivity index (χ1n) is 9.45. The van der Waals surface area contributed by atoms with Gasteiger partial charge < -0.3 is 15.1 Å². The average molecular weight is 298 g/mol. The van der Waals surface area contributed by atoms with Crippen molar-refractivity contribution in [2.45, 2.75) is 59.3 Å². The van der Waals surface area contributed by atoms with Gasteiger partial charge in [-0.1, -0.05) is 40.0 Å². The summed E-state index contributed by atoms with van der Waals surface area (Å²) in [6.07, 6.45) is 8.59. The predicted octanol–water partition coefficient (Wildman–Crippen LogP) is 3.21. The van der Waals surface area contributed by atoms with Crippen molar-refractivity contribution in [3.8, 4) is 0 Å². The van der Waals surface area contributed by atoms with Crippen LogP contribution in [0, 0.1) is 5.92 Å². The Labute approximate surface area is 133 Å². The molecular weight excluding hydrogens is 258 g/mol. The molecule has 126 valence electrons. The van der Waals surface area contributed by atoms with Gasteiger partial charge in [-0.25, -0.2) is 0 Å². The number of nitrogens with one attached hydrogen (secondary N) is 1. The van der Waals surface area contributed by atoms with Crippen LogP contribution in [0.5, 0.6) is 0 Å². The molecule has 0 atom stereocenters. The molecule has 0 aromatic rings. The van der Waals surface area contributed by atoms with Gasteiger partial charge in [0.1, 0.15) is 0 Å². The molecule has 0 amide bonds. The molecule has 0 unspecified atom stereocenters. The van der Waals surface area contributed by atoms with E-state index in [-0.39, 0.29) is 0 Å². The maximum absolute atomic E-state index is 3.69. The van der Waals surface area contributed by atoms with Crippen molar-refractivity contribution in [3.63, 3.8) is 0 Å². The Morgan fingerprint density at radius 2 is 1.43 bits per heavy atom. The summed E-state index contributed by atoms with van der Waals surface area (Å²) in [5.74, 6) is 0.955. The first-order valence-corrected chi connectivity index (χ1v) is 9.45. The molecule has 0 saturated heterocycles. The van der Waals surface area contributed by atoms with E-state index in [2.05, 4.69) is 35.9 Å². The molecular formula is C18H39N3. The number of nitrogens with zero attached hydrogens (tertiary/aromatic N) is 2.